The van der Waals surface area contributed by atoms with E-state index in [2.05, 4.69) is 15.6 Å². The van der Waals surface area contributed by atoms with Crippen LogP contribution in [0.25, 0.3) is 6.08 Å². The summed E-state index contributed by atoms with van der Waals surface area (Å²) < 4.78 is 5.31. The van der Waals surface area contributed by atoms with Crippen molar-refractivity contribution >= 4 is 35.1 Å². The number of nitrogens with one attached hydrogen (secondary N) is 2. The lowest BCUT2D eigenvalue weighted by atomic mass is 10.4. The third-order valence-corrected chi connectivity index (χ3v) is 2.51. The van der Waals surface area contributed by atoms with Gasteiger partial charge in [-0.2, -0.15) is 0 Å². The van der Waals surface area contributed by atoms with Gasteiger partial charge in [0.25, 0.3) is 0 Å². The van der Waals surface area contributed by atoms with Crippen LogP contribution in [-0.4, -0.2) is 16.0 Å². The van der Waals surface area contributed by atoms with Crippen LogP contribution < -0.4 is 10.6 Å². The van der Waals surface area contributed by atoms with Gasteiger partial charge < -0.3 is 9.73 Å². The highest BCUT2D eigenvalue weighted by Gasteiger charge is 2.02. The highest BCUT2D eigenvalue weighted by Crippen LogP contribution is 2.07. The average molecular weight is 287 g/mol. The van der Waals surface area contributed by atoms with Crippen molar-refractivity contribution in [1.29, 1.82) is 0 Å². The Hall–Kier alpha value is -2.47. The van der Waals surface area contributed by atoms with E-state index in [0.29, 0.717) is 11.6 Å². The quantitative estimate of drug-likeness (QED) is 0.670. The number of pyridine rings is 1. The summed E-state index contributed by atoms with van der Waals surface area (Å²) in [6.45, 7) is 1.84. The first-order valence-corrected chi connectivity index (χ1v) is 6.32. The van der Waals surface area contributed by atoms with Gasteiger partial charge in [0.1, 0.15) is 17.3 Å². The van der Waals surface area contributed by atoms with E-state index < -0.39 is 0 Å². The van der Waals surface area contributed by atoms with Gasteiger partial charge in [0, 0.05) is 12.3 Å². The Labute approximate surface area is 121 Å². The molecular weight excluding hydrogens is 274 g/mol. The van der Waals surface area contributed by atoms with E-state index in [1.165, 1.54) is 6.08 Å². The predicted molar refractivity (Wildman–Crippen MR) is 81.1 cm³/mol. The lowest BCUT2D eigenvalue weighted by Gasteiger charge is -2.06. The molecule has 0 bridgehead atoms. The number of carbonyl (C=O) groups is 1. The van der Waals surface area contributed by atoms with E-state index in [9.17, 15) is 4.79 Å². The second-order valence-corrected chi connectivity index (χ2v) is 4.35. The van der Waals surface area contributed by atoms with Crippen LogP contribution in [0.1, 0.15) is 11.5 Å². The van der Waals surface area contributed by atoms with Crippen molar-refractivity contribution in [3.63, 3.8) is 0 Å². The smallest absolute Gasteiger partial charge is 0.250 e. The predicted octanol–water partition coefficient (Wildman–Crippen LogP) is 2.51. The lowest BCUT2D eigenvalue weighted by molar-refractivity contribution is -0.115. The lowest BCUT2D eigenvalue weighted by Crippen LogP contribution is -2.33. The summed E-state index contributed by atoms with van der Waals surface area (Å²) in [6.07, 6.45) is 4.56. The first kappa shape index (κ1) is 14.0. The molecule has 102 valence electrons. The van der Waals surface area contributed by atoms with Crippen LogP contribution in [-0.2, 0) is 4.79 Å². The Bertz CT molecular complexity index is 635. The topological polar surface area (TPSA) is 67.2 Å². The van der Waals surface area contributed by atoms with E-state index in [4.69, 9.17) is 16.6 Å². The molecule has 2 rings (SSSR count). The van der Waals surface area contributed by atoms with Crippen LogP contribution in [0.15, 0.2) is 47.0 Å². The van der Waals surface area contributed by atoms with Crippen LogP contribution in [0.4, 0.5) is 5.82 Å². The third kappa shape index (κ3) is 4.33. The Balaban J connectivity index is 1.85. The average Bonchev–Trinajstić information content (AvgIpc) is 2.83. The first-order chi connectivity index (χ1) is 9.63. The highest BCUT2D eigenvalue weighted by atomic mass is 32.1. The molecule has 2 aromatic heterocycles. The summed E-state index contributed by atoms with van der Waals surface area (Å²) in [5, 5.41) is 5.51. The molecule has 0 saturated heterocycles. The van der Waals surface area contributed by atoms with Crippen molar-refractivity contribution in [1.82, 2.24) is 10.3 Å². The monoisotopic (exact) mass is 287 g/mol. The molecule has 5 nitrogen and oxygen atoms in total. The minimum absolute atomic E-state index is 0.189. The highest BCUT2D eigenvalue weighted by molar-refractivity contribution is 7.80. The van der Waals surface area contributed by atoms with Gasteiger partial charge in [0.15, 0.2) is 5.11 Å². The molecule has 0 aliphatic rings. The second-order valence-electron chi connectivity index (χ2n) is 3.94. The van der Waals surface area contributed by atoms with Crippen LogP contribution in [0, 0.1) is 6.92 Å². The number of aromatic nitrogens is 1. The van der Waals surface area contributed by atoms with E-state index in [1.54, 1.807) is 30.5 Å². The Morgan fingerprint density at radius 2 is 2.20 bits per heavy atom. The molecule has 0 unspecified atom stereocenters. The summed E-state index contributed by atoms with van der Waals surface area (Å²) in [5.74, 6) is 1.63. The summed E-state index contributed by atoms with van der Waals surface area (Å²) in [6, 6.07) is 8.97. The van der Waals surface area contributed by atoms with Crippen LogP contribution in [0.3, 0.4) is 0 Å². The summed E-state index contributed by atoms with van der Waals surface area (Å²) in [5.41, 5.74) is 0. The van der Waals surface area contributed by atoms with Crippen molar-refractivity contribution < 1.29 is 9.21 Å². The van der Waals surface area contributed by atoms with Gasteiger partial charge in [-0.15, -0.1) is 0 Å². The van der Waals surface area contributed by atoms with Gasteiger partial charge in [-0.1, -0.05) is 6.07 Å². The summed E-state index contributed by atoms with van der Waals surface area (Å²) >= 11 is 5.01. The van der Waals surface area contributed by atoms with Crippen LogP contribution in [0.2, 0.25) is 0 Å². The maximum atomic E-state index is 11.6. The first-order valence-electron chi connectivity index (χ1n) is 5.91. The molecule has 0 saturated carbocycles. The molecule has 2 N–H and O–H groups in total. The number of thiocarbonyl (C=S) groups is 1. The fourth-order valence-corrected chi connectivity index (χ4v) is 1.64. The Kier molecular flexibility index (Phi) is 4.62. The Morgan fingerprint density at radius 3 is 2.85 bits per heavy atom. The Morgan fingerprint density at radius 1 is 1.35 bits per heavy atom. The number of anilines is 1. The molecule has 0 fully saturated rings. The molecule has 0 aliphatic carbocycles. The second kappa shape index (κ2) is 6.63. The number of hydrogen-bond donors (Lipinski definition) is 2. The normalized spacial score (nSPS) is 10.4. The van der Waals surface area contributed by atoms with Gasteiger partial charge in [0.05, 0.1) is 0 Å². The number of hydrogen-bond acceptors (Lipinski definition) is 4. The zero-order valence-electron chi connectivity index (χ0n) is 10.8. The summed E-state index contributed by atoms with van der Waals surface area (Å²) in [4.78, 5) is 15.7. The number of aryl methyl sites for hydroxylation is 1. The zero-order chi connectivity index (χ0) is 14.4. The fourth-order valence-electron chi connectivity index (χ4n) is 1.44. The molecule has 0 atom stereocenters. The third-order valence-electron chi connectivity index (χ3n) is 2.30. The van der Waals surface area contributed by atoms with Crippen LogP contribution in [0.5, 0.6) is 0 Å². The number of nitrogens with zero attached hydrogens (tertiary/aromatic N) is 1. The SMILES string of the molecule is Cc1ccc(/C=C/C(=O)NC(=S)Nc2ccccn2)o1. The molecule has 0 aliphatic heterocycles. The van der Waals surface area contributed by atoms with Crippen molar-refractivity contribution in [2.45, 2.75) is 6.92 Å². The molecule has 2 heterocycles. The van der Waals surface area contributed by atoms with E-state index in [-0.39, 0.29) is 11.0 Å². The number of amides is 1. The molecule has 0 aromatic carbocycles. The van der Waals surface area contributed by atoms with Gasteiger partial charge in [-0.25, -0.2) is 4.98 Å². The standard InChI is InChI=1S/C14H13N3O2S/c1-10-5-6-11(19-10)7-8-13(18)17-14(20)16-12-4-2-3-9-15-12/h2-9H,1H3,(H2,15,16,17,18,20)/b8-7+. The van der Waals surface area contributed by atoms with Gasteiger partial charge in [0.2, 0.25) is 5.91 Å². The zero-order valence-corrected chi connectivity index (χ0v) is 11.6. The molecule has 0 radical (unpaired) electrons. The minimum Gasteiger partial charge on any atom is -0.462 e. The molecule has 20 heavy (non-hydrogen) atoms. The maximum Gasteiger partial charge on any atom is 0.250 e. The molecule has 1 amide bonds. The summed E-state index contributed by atoms with van der Waals surface area (Å²) in [7, 11) is 0. The van der Waals surface area contributed by atoms with Gasteiger partial charge in [-0.05, 0) is 49.5 Å². The van der Waals surface area contributed by atoms with Crippen molar-refractivity contribution in [3.8, 4) is 0 Å². The maximum absolute atomic E-state index is 11.6. The fraction of sp³-hybridized carbons (Fsp3) is 0.0714. The minimum atomic E-state index is -0.340. The van der Waals surface area contributed by atoms with Crippen molar-refractivity contribution in [2.24, 2.45) is 0 Å². The number of carbonyl (C=O) groups excluding carboxylic acids is 1. The molecule has 0 spiro atoms. The largest absolute Gasteiger partial charge is 0.462 e. The molecule has 2 aromatic rings. The van der Waals surface area contributed by atoms with Gasteiger partial charge >= 0.3 is 0 Å². The van der Waals surface area contributed by atoms with Crippen molar-refractivity contribution in [2.75, 3.05) is 5.32 Å². The number of rotatable bonds is 3. The van der Waals surface area contributed by atoms with Crippen molar-refractivity contribution in [3.05, 3.63) is 54.1 Å². The van der Waals surface area contributed by atoms with E-state index in [0.717, 1.165) is 5.76 Å². The van der Waals surface area contributed by atoms with Gasteiger partial charge in [-0.3, -0.25) is 10.1 Å². The number of furan rings is 1. The van der Waals surface area contributed by atoms with E-state index >= 15 is 0 Å². The molecular formula is C14H13N3O2S. The van der Waals surface area contributed by atoms with E-state index in [1.807, 2.05) is 19.1 Å². The molecule has 6 heteroatoms. The van der Waals surface area contributed by atoms with Crippen LogP contribution >= 0.6 is 12.2 Å².